The number of pyridine rings is 1. The Labute approximate surface area is 129 Å². The van der Waals surface area contributed by atoms with E-state index in [2.05, 4.69) is 32.3 Å². The first kappa shape index (κ1) is 13.4. The van der Waals surface area contributed by atoms with E-state index in [1.54, 1.807) is 0 Å². The molecular weight excluding hydrogens is 280 g/mol. The highest BCUT2D eigenvalue weighted by Crippen LogP contribution is 2.42. The molecule has 1 saturated heterocycles. The Kier molecular flexibility index (Phi) is 3.71. The van der Waals surface area contributed by atoms with Crippen molar-refractivity contribution < 1.29 is 0 Å². The van der Waals surface area contributed by atoms with Gasteiger partial charge in [-0.3, -0.25) is 9.88 Å². The largest absolute Gasteiger partial charge is 0.314 e. The van der Waals surface area contributed by atoms with Crippen molar-refractivity contribution in [1.82, 2.24) is 20.2 Å². The standard InChI is InChI=1S/C16H20N4S/c1-2-13(1)16-15(21-11-19-16)10-20-8-7-18-9-14(20)12-3-5-17-6-4-12/h3-6,11,13-14,18H,1-2,7-10H2. The molecule has 0 amide bonds. The lowest BCUT2D eigenvalue weighted by molar-refractivity contribution is 0.154. The van der Waals surface area contributed by atoms with E-state index in [-0.39, 0.29) is 0 Å². The summed E-state index contributed by atoms with van der Waals surface area (Å²) in [5.74, 6) is 0.744. The van der Waals surface area contributed by atoms with Gasteiger partial charge >= 0.3 is 0 Å². The van der Waals surface area contributed by atoms with Crippen LogP contribution in [0.3, 0.4) is 0 Å². The van der Waals surface area contributed by atoms with Crippen LogP contribution in [0, 0.1) is 0 Å². The molecule has 0 bridgehead atoms. The summed E-state index contributed by atoms with van der Waals surface area (Å²) >= 11 is 1.82. The van der Waals surface area contributed by atoms with E-state index in [4.69, 9.17) is 0 Å². The maximum atomic E-state index is 4.61. The Morgan fingerprint density at radius 3 is 2.95 bits per heavy atom. The second kappa shape index (κ2) is 5.83. The molecular formula is C16H20N4S. The van der Waals surface area contributed by atoms with Crippen molar-refractivity contribution >= 4 is 11.3 Å². The van der Waals surface area contributed by atoms with Gasteiger partial charge in [0.25, 0.3) is 0 Å². The predicted molar refractivity (Wildman–Crippen MR) is 84.3 cm³/mol. The van der Waals surface area contributed by atoms with Crippen LogP contribution >= 0.6 is 11.3 Å². The quantitative estimate of drug-likeness (QED) is 0.942. The van der Waals surface area contributed by atoms with Crippen molar-refractivity contribution in [2.24, 2.45) is 0 Å². The van der Waals surface area contributed by atoms with Gasteiger partial charge in [0.15, 0.2) is 0 Å². The van der Waals surface area contributed by atoms with Gasteiger partial charge in [-0.1, -0.05) is 0 Å². The van der Waals surface area contributed by atoms with Crippen molar-refractivity contribution in [2.75, 3.05) is 19.6 Å². The molecule has 1 aliphatic heterocycles. The molecule has 2 aromatic heterocycles. The monoisotopic (exact) mass is 300 g/mol. The van der Waals surface area contributed by atoms with Crippen LogP contribution in [0.15, 0.2) is 30.0 Å². The highest BCUT2D eigenvalue weighted by Gasteiger charge is 2.30. The molecule has 0 spiro atoms. The highest BCUT2D eigenvalue weighted by atomic mass is 32.1. The maximum absolute atomic E-state index is 4.61. The van der Waals surface area contributed by atoms with Crippen LogP contribution in [-0.2, 0) is 6.54 Å². The van der Waals surface area contributed by atoms with Gasteiger partial charge in [-0.25, -0.2) is 4.98 Å². The summed E-state index contributed by atoms with van der Waals surface area (Å²) in [6, 6.07) is 4.72. The molecule has 1 N–H and O–H groups in total. The van der Waals surface area contributed by atoms with Crippen molar-refractivity contribution in [2.45, 2.75) is 31.3 Å². The molecule has 4 nitrogen and oxygen atoms in total. The molecule has 1 unspecified atom stereocenters. The fourth-order valence-electron chi connectivity index (χ4n) is 3.12. The molecule has 3 heterocycles. The normalized spacial score (nSPS) is 23.3. The second-order valence-electron chi connectivity index (χ2n) is 5.91. The van der Waals surface area contributed by atoms with Crippen molar-refractivity contribution in [3.63, 3.8) is 0 Å². The Balaban J connectivity index is 1.55. The van der Waals surface area contributed by atoms with Crippen LogP contribution in [0.2, 0.25) is 0 Å². The average Bonchev–Trinajstić information content (AvgIpc) is 3.29. The van der Waals surface area contributed by atoms with E-state index in [1.165, 1.54) is 29.0 Å². The van der Waals surface area contributed by atoms with Gasteiger partial charge in [0, 0.05) is 55.4 Å². The van der Waals surface area contributed by atoms with Gasteiger partial charge in [0.2, 0.25) is 0 Å². The fourth-order valence-corrected chi connectivity index (χ4v) is 4.00. The van der Waals surface area contributed by atoms with Crippen LogP contribution in [0.1, 0.15) is 40.9 Å². The van der Waals surface area contributed by atoms with Gasteiger partial charge in [-0.15, -0.1) is 11.3 Å². The van der Waals surface area contributed by atoms with E-state index < -0.39 is 0 Å². The molecule has 5 heteroatoms. The van der Waals surface area contributed by atoms with Crippen molar-refractivity contribution in [1.29, 1.82) is 0 Å². The zero-order valence-electron chi connectivity index (χ0n) is 12.0. The zero-order chi connectivity index (χ0) is 14.1. The number of rotatable bonds is 4. The number of aromatic nitrogens is 2. The Morgan fingerprint density at radius 2 is 2.14 bits per heavy atom. The number of hydrogen-bond acceptors (Lipinski definition) is 5. The third-order valence-corrected chi connectivity index (χ3v) is 5.26. The van der Waals surface area contributed by atoms with E-state index in [1.807, 2.05) is 29.2 Å². The molecule has 1 aliphatic carbocycles. The smallest absolute Gasteiger partial charge is 0.0798 e. The lowest BCUT2D eigenvalue weighted by Gasteiger charge is -2.36. The van der Waals surface area contributed by atoms with Crippen LogP contribution < -0.4 is 5.32 Å². The summed E-state index contributed by atoms with van der Waals surface area (Å²) in [6.45, 7) is 4.21. The molecule has 2 aliphatic rings. The molecule has 4 rings (SSSR count). The number of thiazole rings is 1. The molecule has 21 heavy (non-hydrogen) atoms. The zero-order valence-corrected chi connectivity index (χ0v) is 12.9. The lowest BCUT2D eigenvalue weighted by Crippen LogP contribution is -2.45. The van der Waals surface area contributed by atoms with Crippen LogP contribution in [0.5, 0.6) is 0 Å². The van der Waals surface area contributed by atoms with Crippen LogP contribution in [-0.4, -0.2) is 34.5 Å². The summed E-state index contributed by atoms with van der Waals surface area (Å²) in [4.78, 5) is 12.8. The Morgan fingerprint density at radius 1 is 1.29 bits per heavy atom. The summed E-state index contributed by atoms with van der Waals surface area (Å²) < 4.78 is 0. The molecule has 2 fully saturated rings. The minimum Gasteiger partial charge on any atom is -0.314 e. The maximum Gasteiger partial charge on any atom is 0.0798 e. The first-order valence-electron chi connectivity index (χ1n) is 7.69. The summed E-state index contributed by atoms with van der Waals surface area (Å²) in [6.07, 6.45) is 6.44. The summed E-state index contributed by atoms with van der Waals surface area (Å²) in [5.41, 5.74) is 4.74. The minimum atomic E-state index is 0.441. The third-order valence-electron chi connectivity index (χ3n) is 4.43. The molecule has 1 atom stereocenters. The van der Waals surface area contributed by atoms with Crippen molar-refractivity contribution in [3.8, 4) is 0 Å². The molecule has 110 valence electrons. The number of nitrogens with zero attached hydrogens (tertiary/aromatic N) is 3. The number of hydrogen-bond donors (Lipinski definition) is 1. The van der Waals surface area contributed by atoms with Crippen LogP contribution in [0.4, 0.5) is 0 Å². The topological polar surface area (TPSA) is 41.0 Å². The van der Waals surface area contributed by atoms with E-state index >= 15 is 0 Å². The first-order chi connectivity index (χ1) is 10.4. The van der Waals surface area contributed by atoms with Gasteiger partial charge in [0.1, 0.15) is 0 Å². The molecule has 1 saturated carbocycles. The lowest BCUT2D eigenvalue weighted by atomic mass is 10.0. The van der Waals surface area contributed by atoms with Crippen LogP contribution in [0.25, 0.3) is 0 Å². The number of piperazine rings is 1. The Bertz CT molecular complexity index is 593. The van der Waals surface area contributed by atoms with E-state index in [9.17, 15) is 0 Å². The van der Waals surface area contributed by atoms with Gasteiger partial charge in [-0.2, -0.15) is 0 Å². The highest BCUT2D eigenvalue weighted by molar-refractivity contribution is 7.09. The van der Waals surface area contributed by atoms with Crippen molar-refractivity contribution in [3.05, 3.63) is 46.2 Å². The molecule has 0 aromatic carbocycles. The first-order valence-corrected chi connectivity index (χ1v) is 8.57. The van der Waals surface area contributed by atoms with E-state index in [0.717, 1.165) is 32.1 Å². The van der Waals surface area contributed by atoms with Gasteiger partial charge in [-0.05, 0) is 30.5 Å². The Hall–Kier alpha value is -1.30. The molecule has 0 radical (unpaired) electrons. The SMILES string of the molecule is c1cc(C2CNCCN2Cc2scnc2C2CC2)ccn1. The molecule has 2 aromatic rings. The van der Waals surface area contributed by atoms with E-state index in [0.29, 0.717) is 6.04 Å². The van der Waals surface area contributed by atoms with Gasteiger partial charge in [0.05, 0.1) is 11.2 Å². The number of nitrogens with one attached hydrogen (secondary N) is 1. The predicted octanol–water partition coefficient (Wildman–Crippen LogP) is 2.56. The summed E-state index contributed by atoms with van der Waals surface area (Å²) in [5, 5.41) is 3.52. The minimum absolute atomic E-state index is 0.441. The second-order valence-corrected chi connectivity index (χ2v) is 6.85. The van der Waals surface area contributed by atoms with Gasteiger partial charge < -0.3 is 5.32 Å². The summed E-state index contributed by atoms with van der Waals surface area (Å²) in [7, 11) is 0. The third kappa shape index (κ3) is 2.86. The fraction of sp³-hybridized carbons (Fsp3) is 0.500. The average molecular weight is 300 g/mol.